The summed E-state index contributed by atoms with van der Waals surface area (Å²) >= 11 is 4.23. The van der Waals surface area contributed by atoms with Crippen molar-refractivity contribution in [3.05, 3.63) is 18.0 Å². The van der Waals surface area contributed by atoms with Gasteiger partial charge in [-0.15, -0.1) is 12.6 Å². The maximum absolute atomic E-state index is 4.23. The largest absolute Gasteiger partial charge is 0.159 e. The molecule has 0 unspecified atom stereocenters. The third kappa shape index (κ3) is 1.48. The van der Waals surface area contributed by atoms with Crippen molar-refractivity contribution in [2.24, 2.45) is 0 Å². The standard InChI is InChI=1S/C7H10N2S/c1-5(2)6-3-8-9-4-7(6)10/h3-5H,1-2H3,(H,8,10). The van der Waals surface area contributed by atoms with E-state index in [0.29, 0.717) is 5.92 Å². The Morgan fingerprint density at radius 3 is 2.30 bits per heavy atom. The van der Waals surface area contributed by atoms with Gasteiger partial charge in [0, 0.05) is 4.90 Å². The van der Waals surface area contributed by atoms with Gasteiger partial charge in [0.2, 0.25) is 0 Å². The van der Waals surface area contributed by atoms with Crippen LogP contribution in [0.2, 0.25) is 0 Å². The third-order valence-electron chi connectivity index (χ3n) is 1.36. The Hall–Kier alpha value is -0.570. The van der Waals surface area contributed by atoms with E-state index in [1.165, 1.54) is 0 Å². The minimum absolute atomic E-state index is 0.475. The molecule has 0 N–H and O–H groups in total. The summed E-state index contributed by atoms with van der Waals surface area (Å²) in [6, 6.07) is 0. The summed E-state index contributed by atoms with van der Waals surface area (Å²) in [4.78, 5) is 0.921. The molecule has 1 heterocycles. The van der Waals surface area contributed by atoms with Gasteiger partial charge in [-0.1, -0.05) is 13.8 Å². The second kappa shape index (κ2) is 3.01. The van der Waals surface area contributed by atoms with Crippen LogP contribution in [0.3, 0.4) is 0 Å². The van der Waals surface area contributed by atoms with Gasteiger partial charge >= 0.3 is 0 Å². The topological polar surface area (TPSA) is 25.8 Å². The molecule has 0 amide bonds. The molecule has 2 nitrogen and oxygen atoms in total. The van der Waals surface area contributed by atoms with E-state index in [4.69, 9.17) is 0 Å². The summed E-state index contributed by atoms with van der Waals surface area (Å²) in [7, 11) is 0. The van der Waals surface area contributed by atoms with Crippen LogP contribution in [-0.4, -0.2) is 10.2 Å². The molecule has 0 spiro atoms. The third-order valence-corrected chi connectivity index (χ3v) is 1.73. The van der Waals surface area contributed by atoms with Crippen LogP contribution < -0.4 is 0 Å². The van der Waals surface area contributed by atoms with Crippen LogP contribution in [0.1, 0.15) is 25.3 Å². The van der Waals surface area contributed by atoms with Crippen LogP contribution in [0, 0.1) is 0 Å². The molecule has 0 saturated carbocycles. The molecule has 0 aliphatic rings. The average Bonchev–Trinajstić information content (AvgIpc) is 1.88. The second-order valence-electron chi connectivity index (χ2n) is 2.48. The first kappa shape index (κ1) is 7.54. The van der Waals surface area contributed by atoms with Gasteiger partial charge in [0.05, 0.1) is 12.4 Å². The minimum atomic E-state index is 0.475. The van der Waals surface area contributed by atoms with Gasteiger partial charge in [0.25, 0.3) is 0 Å². The van der Waals surface area contributed by atoms with Crippen molar-refractivity contribution in [1.82, 2.24) is 10.2 Å². The van der Waals surface area contributed by atoms with Crippen molar-refractivity contribution >= 4 is 12.6 Å². The Morgan fingerprint density at radius 2 is 1.90 bits per heavy atom. The molecule has 0 aromatic carbocycles. The van der Waals surface area contributed by atoms with Crippen LogP contribution in [0.5, 0.6) is 0 Å². The molecule has 1 aromatic heterocycles. The van der Waals surface area contributed by atoms with Crippen molar-refractivity contribution in [3.8, 4) is 0 Å². The van der Waals surface area contributed by atoms with E-state index in [2.05, 4.69) is 36.7 Å². The normalized spacial score (nSPS) is 10.4. The molecule has 1 rings (SSSR count). The zero-order chi connectivity index (χ0) is 7.56. The van der Waals surface area contributed by atoms with Crippen molar-refractivity contribution in [2.45, 2.75) is 24.7 Å². The zero-order valence-corrected chi connectivity index (χ0v) is 6.97. The minimum Gasteiger partial charge on any atom is -0.159 e. The molecule has 0 fully saturated rings. The van der Waals surface area contributed by atoms with Gasteiger partial charge in [-0.2, -0.15) is 10.2 Å². The van der Waals surface area contributed by atoms with E-state index in [1.54, 1.807) is 12.4 Å². The molecule has 10 heavy (non-hydrogen) atoms. The maximum atomic E-state index is 4.23. The van der Waals surface area contributed by atoms with Crippen LogP contribution in [0.15, 0.2) is 17.3 Å². The van der Waals surface area contributed by atoms with E-state index in [9.17, 15) is 0 Å². The quantitative estimate of drug-likeness (QED) is 0.625. The van der Waals surface area contributed by atoms with Gasteiger partial charge in [-0.05, 0) is 11.5 Å². The Labute approximate surface area is 66.1 Å². The first-order valence-electron chi connectivity index (χ1n) is 3.21. The summed E-state index contributed by atoms with van der Waals surface area (Å²) < 4.78 is 0. The van der Waals surface area contributed by atoms with Crippen LogP contribution in [0.25, 0.3) is 0 Å². The van der Waals surface area contributed by atoms with Gasteiger partial charge in [0.1, 0.15) is 0 Å². The molecule has 0 bridgehead atoms. The lowest BCUT2D eigenvalue weighted by Crippen LogP contribution is -1.91. The SMILES string of the molecule is CC(C)c1cnncc1S. The highest BCUT2D eigenvalue weighted by molar-refractivity contribution is 7.80. The smallest absolute Gasteiger partial charge is 0.0632 e. The summed E-state index contributed by atoms with van der Waals surface area (Å²) in [5.74, 6) is 0.475. The van der Waals surface area contributed by atoms with E-state index in [0.717, 1.165) is 10.5 Å². The predicted octanol–water partition coefficient (Wildman–Crippen LogP) is 1.89. The lowest BCUT2D eigenvalue weighted by Gasteiger charge is -2.04. The Morgan fingerprint density at radius 1 is 1.30 bits per heavy atom. The summed E-state index contributed by atoms with van der Waals surface area (Å²) in [5, 5.41) is 7.47. The molecule has 3 heteroatoms. The molecule has 0 aliphatic heterocycles. The predicted molar refractivity (Wildman–Crippen MR) is 43.4 cm³/mol. The van der Waals surface area contributed by atoms with Crippen molar-refractivity contribution in [1.29, 1.82) is 0 Å². The fraction of sp³-hybridized carbons (Fsp3) is 0.429. The Balaban J connectivity index is 3.03. The first-order valence-corrected chi connectivity index (χ1v) is 3.66. The van der Waals surface area contributed by atoms with Crippen molar-refractivity contribution < 1.29 is 0 Å². The Bertz CT molecular complexity index is 223. The molecule has 0 atom stereocenters. The number of thiol groups is 1. The van der Waals surface area contributed by atoms with Gasteiger partial charge in [-0.3, -0.25) is 0 Å². The molecule has 0 saturated heterocycles. The van der Waals surface area contributed by atoms with E-state index in [-0.39, 0.29) is 0 Å². The highest BCUT2D eigenvalue weighted by Gasteiger charge is 2.02. The number of rotatable bonds is 1. The highest BCUT2D eigenvalue weighted by atomic mass is 32.1. The highest BCUT2D eigenvalue weighted by Crippen LogP contribution is 2.19. The molecule has 1 aromatic rings. The van der Waals surface area contributed by atoms with E-state index >= 15 is 0 Å². The average molecular weight is 154 g/mol. The first-order chi connectivity index (χ1) is 4.72. The van der Waals surface area contributed by atoms with E-state index in [1.807, 2.05) is 0 Å². The zero-order valence-electron chi connectivity index (χ0n) is 6.07. The van der Waals surface area contributed by atoms with Gasteiger partial charge in [0.15, 0.2) is 0 Å². The number of hydrogen-bond acceptors (Lipinski definition) is 3. The number of nitrogens with zero attached hydrogens (tertiary/aromatic N) is 2. The molecule has 0 aliphatic carbocycles. The molecule has 0 radical (unpaired) electrons. The van der Waals surface area contributed by atoms with Crippen LogP contribution in [0.4, 0.5) is 0 Å². The lowest BCUT2D eigenvalue weighted by molar-refractivity contribution is 0.810. The lowest BCUT2D eigenvalue weighted by atomic mass is 10.1. The monoisotopic (exact) mass is 154 g/mol. The van der Waals surface area contributed by atoms with Crippen LogP contribution >= 0.6 is 12.6 Å². The van der Waals surface area contributed by atoms with Gasteiger partial charge < -0.3 is 0 Å². The van der Waals surface area contributed by atoms with Crippen LogP contribution in [-0.2, 0) is 0 Å². The number of aromatic nitrogens is 2. The second-order valence-corrected chi connectivity index (χ2v) is 2.97. The summed E-state index contributed by atoms with van der Waals surface area (Å²) in [6.45, 7) is 4.22. The van der Waals surface area contributed by atoms with Gasteiger partial charge in [-0.25, -0.2) is 0 Å². The van der Waals surface area contributed by atoms with Crippen molar-refractivity contribution in [3.63, 3.8) is 0 Å². The van der Waals surface area contributed by atoms with Crippen molar-refractivity contribution in [2.75, 3.05) is 0 Å². The molecular weight excluding hydrogens is 144 g/mol. The van der Waals surface area contributed by atoms with E-state index < -0.39 is 0 Å². The fourth-order valence-corrected chi connectivity index (χ4v) is 1.14. The summed E-state index contributed by atoms with van der Waals surface area (Å²) in [5.41, 5.74) is 1.15. The number of hydrogen-bond donors (Lipinski definition) is 1. The summed E-state index contributed by atoms with van der Waals surface area (Å²) in [6.07, 6.45) is 3.42. The molecular formula is C7H10N2S. The fourth-order valence-electron chi connectivity index (χ4n) is 0.769. The molecule has 54 valence electrons. The maximum Gasteiger partial charge on any atom is 0.0632 e. The Kier molecular flexibility index (Phi) is 2.27.